The maximum Gasteiger partial charge on any atom is 0.123 e. The van der Waals surface area contributed by atoms with Gasteiger partial charge in [0.2, 0.25) is 0 Å². The molecule has 24 heavy (non-hydrogen) atoms. The van der Waals surface area contributed by atoms with Crippen LogP contribution in [-0.2, 0) is 17.7 Å². The molecule has 1 unspecified atom stereocenters. The number of hydrogen-bond acceptors (Lipinski definition) is 3. The number of aryl methyl sites for hydroxylation is 1. The highest BCUT2D eigenvalue weighted by Gasteiger charge is 2.31. The van der Waals surface area contributed by atoms with Gasteiger partial charge in [-0.25, -0.2) is 4.39 Å². The van der Waals surface area contributed by atoms with Crippen LogP contribution in [-0.4, -0.2) is 29.0 Å². The molecule has 1 N–H and O–H groups in total. The lowest BCUT2D eigenvalue weighted by Gasteiger charge is -2.22. The fourth-order valence-electron chi connectivity index (χ4n) is 3.42. The number of nitrogens with one attached hydrogen (secondary N) is 1. The van der Waals surface area contributed by atoms with Crippen LogP contribution in [0.3, 0.4) is 0 Å². The van der Waals surface area contributed by atoms with Gasteiger partial charge in [-0.05, 0) is 50.5 Å². The average molecular weight is 331 g/mol. The van der Waals surface area contributed by atoms with Crippen LogP contribution < -0.4 is 5.32 Å². The maximum absolute atomic E-state index is 13.0. The number of hydrogen-bond donors (Lipinski definition) is 1. The first-order valence-corrected chi connectivity index (χ1v) is 8.78. The molecule has 0 radical (unpaired) electrons. The molecule has 1 aliphatic heterocycles. The predicted octanol–water partition coefficient (Wildman–Crippen LogP) is 3.34. The van der Waals surface area contributed by atoms with E-state index in [1.165, 1.54) is 17.8 Å². The average Bonchev–Trinajstić information content (AvgIpc) is 3.23. The van der Waals surface area contributed by atoms with Gasteiger partial charge in [-0.1, -0.05) is 12.1 Å². The normalized spacial score (nSPS) is 22.0. The molecule has 2 heterocycles. The molecule has 2 aromatic rings. The third-order valence-corrected chi connectivity index (χ3v) is 4.74. The van der Waals surface area contributed by atoms with E-state index < -0.39 is 0 Å². The van der Waals surface area contributed by atoms with Crippen molar-refractivity contribution >= 4 is 0 Å². The lowest BCUT2D eigenvalue weighted by atomic mass is 9.98. The third kappa shape index (κ3) is 4.02. The molecule has 1 fully saturated rings. The van der Waals surface area contributed by atoms with E-state index in [4.69, 9.17) is 4.74 Å². The van der Waals surface area contributed by atoms with Crippen molar-refractivity contribution in [1.82, 2.24) is 15.1 Å². The van der Waals surface area contributed by atoms with Crippen molar-refractivity contribution in [1.29, 1.82) is 0 Å². The molecular formula is C19H26FN3O. The predicted molar refractivity (Wildman–Crippen MR) is 92.3 cm³/mol. The summed E-state index contributed by atoms with van der Waals surface area (Å²) < 4.78 is 21.0. The van der Waals surface area contributed by atoms with E-state index in [1.807, 2.05) is 23.0 Å². The molecule has 4 nitrogen and oxygen atoms in total. The van der Waals surface area contributed by atoms with Crippen molar-refractivity contribution in [3.8, 4) is 0 Å². The Kier molecular flexibility index (Phi) is 5.63. The Morgan fingerprint density at radius 1 is 1.33 bits per heavy atom. The molecule has 5 heteroatoms. The van der Waals surface area contributed by atoms with E-state index in [-0.39, 0.29) is 11.9 Å². The molecule has 0 saturated carbocycles. The molecule has 0 aliphatic carbocycles. The Morgan fingerprint density at radius 2 is 2.12 bits per heavy atom. The number of rotatable bonds is 7. The van der Waals surface area contributed by atoms with E-state index in [2.05, 4.69) is 30.3 Å². The van der Waals surface area contributed by atoms with Gasteiger partial charge in [0, 0.05) is 37.9 Å². The van der Waals surface area contributed by atoms with Gasteiger partial charge in [-0.15, -0.1) is 0 Å². The second kappa shape index (κ2) is 7.90. The summed E-state index contributed by atoms with van der Waals surface area (Å²) in [6, 6.07) is 9.16. The second-order valence-corrected chi connectivity index (χ2v) is 6.55. The zero-order chi connectivity index (χ0) is 16.9. The van der Waals surface area contributed by atoms with E-state index in [0.29, 0.717) is 12.0 Å². The van der Waals surface area contributed by atoms with Crippen LogP contribution in [0.1, 0.15) is 37.6 Å². The summed E-state index contributed by atoms with van der Waals surface area (Å²) >= 11 is 0. The number of halogens is 1. The fourth-order valence-corrected chi connectivity index (χ4v) is 3.42. The SMILES string of the molecule is CCn1nccc1[C@@H]1OCC[C@H]1CNC(C)Cc1ccc(F)cc1. The molecule has 1 aliphatic rings. The van der Waals surface area contributed by atoms with Crippen molar-refractivity contribution in [3.05, 3.63) is 53.6 Å². The van der Waals surface area contributed by atoms with Gasteiger partial charge in [-0.2, -0.15) is 5.10 Å². The fraction of sp³-hybridized carbons (Fsp3) is 0.526. The molecule has 130 valence electrons. The number of ether oxygens (including phenoxy) is 1. The van der Waals surface area contributed by atoms with Crippen molar-refractivity contribution in [2.45, 2.75) is 45.4 Å². The van der Waals surface area contributed by atoms with Gasteiger partial charge in [-0.3, -0.25) is 4.68 Å². The third-order valence-electron chi connectivity index (χ3n) is 4.74. The molecule has 1 aromatic carbocycles. The summed E-state index contributed by atoms with van der Waals surface area (Å²) in [5, 5.41) is 7.97. The van der Waals surface area contributed by atoms with Gasteiger partial charge in [0.25, 0.3) is 0 Å². The van der Waals surface area contributed by atoms with Crippen molar-refractivity contribution in [3.63, 3.8) is 0 Å². The Labute approximate surface area is 143 Å². The summed E-state index contributed by atoms with van der Waals surface area (Å²) in [7, 11) is 0. The minimum atomic E-state index is -0.183. The van der Waals surface area contributed by atoms with Crippen molar-refractivity contribution < 1.29 is 9.13 Å². The molecule has 1 saturated heterocycles. The monoisotopic (exact) mass is 331 g/mol. The van der Waals surface area contributed by atoms with Crippen LogP contribution in [0.5, 0.6) is 0 Å². The number of benzene rings is 1. The summed E-state index contributed by atoms with van der Waals surface area (Å²) in [5.74, 6) is 0.278. The van der Waals surface area contributed by atoms with Crippen LogP contribution in [0.4, 0.5) is 4.39 Å². The minimum Gasteiger partial charge on any atom is -0.372 e. The zero-order valence-electron chi connectivity index (χ0n) is 14.4. The van der Waals surface area contributed by atoms with Gasteiger partial charge >= 0.3 is 0 Å². The van der Waals surface area contributed by atoms with E-state index >= 15 is 0 Å². The van der Waals surface area contributed by atoms with E-state index in [1.54, 1.807) is 0 Å². The van der Waals surface area contributed by atoms with Crippen LogP contribution in [0.15, 0.2) is 36.5 Å². The summed E-state index contributed by atoms with van der Waals surface area (Å²) in [6.45, 7) is 6.86. The Hall–Kier alpha value is -1.72. The smallest absolute Gasteiger partial charge is 0.123 e. The largest absolute Gasteiger partial charge is 0.372 e. The minimum absolute atomic E-state index is 0.123. The van der Waals surface area contributed by atoms with Gasteiger partial charge in [0.15, 0.2) is 0 Å². The van der Waals surface area contributed by atoms with Crippen LogP contribution >= 0.6 is 0 Å². The lowest BCUT2D eigenvalue weighted by molar-refractivity contribution is 0.0825. The Morgan fingerprint density at radius 3 is 2.88 bits per heavy atom. The van der Waals surface area contributed by atoms with Crippen molar-refractivity contribution in [2.24, 2.45) is 5.92 Å². The summed E-state index contributed by atoms with van der Waals surface area (Å²) in [6.07, 6.45) is 3.93. The number of nitrogens with zero attached hydrogens (tertiary/aromatic N) is 2. The topological polar surface area (TPSA) is 39.1 Å². The maximum atomic E-state index is 13.0. The molecule has 0 bridgehead atoms. The first-order chi connectivity index (χ1) is 11.7. The Balaban J connectivity index is 1.54. The second-order valence-electron chi connectivity index (χ2n) is 6.55. The molecule has 0 spiro atoms. The Bertz CT molecular complexity index is 640. The molecule has 3 atom stereocenters. The summed E-state index contributed by atoms with van der Waals surface area (Å²) in [5.41, 5.74) is 2.33. The highest BCUT2D eigenvalue weighted by atomic mass is 19.1. The highest BCUT2D eigenvalue weighted by molar-refractivity contribution is 5.17. The lowest BCUT2D eigenvalue weighted by Crippen LogP contribution is -2.34. The molecule has 0 amide bonds. The van der Waals surface area contributed by atoms with Crippen LogP contribution in [0.2, 0.25) is 0 Å². The van der Waals surface area contributed by atoms with Gasteiger partial charge < -0.3 is 10.1 Å². The van der Waals surface area contributed by atoms with Gasteiger partial charge in [0.1, 0.15) is 11.9 Å². The molecular weight excluding hydrogens is 305 g/mol. The van der Waals surface area contributed by atoms with Crippen LogP contribution in [0.25, 0.3) is 0 Å². The van der Waals surface area contributed by atoms with Gasteiger partial charge in [0.05, 0.1) is 5.69 Å². The van der Waals surface area contributed by atoms with Crippen molar-refractivity contribution in [2.75, 3.05) is 13.2 Å². The first kappa shape index (κ1) is 17.1. The van der Waals surface area contributed by atoms with E-state index in [0.717, 1.165) is 38.1 Å². The number of aromatic nitrogens is 2. The zero-order valence-corrected chi connectivity index (χ0v) is 14.4. The molecule has 1 aromatic heterocycles. The highest BCUT2D eigenvalue weighted by Crippen LogP contribution is 2.34. The standard InChI is InChI=1S/C19H26FN3O/c1-3-23-18(8-10-22-23)19-16(9-11-24-19)13-21-14(2)12-15-4-6-17(20)7-5-15/h4-8,10,14,16,19,21H,3,9,11-13H2,1-2H3/t14?,16-,19+/m0/s1. The van der Waals surface area contributed by atoms with E-state index in [9.17, 15) is 4.39 Å². The molecule has 3 rings (SSSR count). The first-order valence-electron chi connectivity index (χ1n) is 8.78. The quantitative estimate of drug-likeness (QED) is 0.846. The van der Waals surface area contributed by atoms with Crippen LogP contribution in [0, 0.1) is 11.7 Å². The summed E-state index contributed by atoms with van der Waals surface area (Å²) in [4.78, 5) is 0.